The SMILES string of the molecule is C1COC1.C1COCCN1. The summed E-state index contributed by atoms with van der Waals surface area (Å²) in [5, 5.41) is 3.16. The van der Waals surface area contributed by atoms with Crippen LogP contribution in [-0.2, 0) is 9.47 Å². The van der Waals surface area contributed by atoms with E-state index in [2.05, 4.69) is 5.32 Å². The standard InChI is InChI=1S/C4H9NO.C3H6O/c1-3-6-4-2-5-1;1-2-4-3-1/h5H,1-4H2;1-3H2. The predicted octanol–water partition coefficient (Wildman–Crippen LogP) is 0.0129. The Bertz CT molecular complexity index is 54.5. The first-order chi connectivity index (χ1) is 5.00. The van der Waals surface area contributed by atoms with E-state index in [0.717, 1.165) is 39.5 Å². The first-order valence-electron chi connectivity index (χ1n) is 3.86. The molecule has 2 aliphatic heterocycles. The Kier molecular flexibility index (Phi) is 4.51. The van der Waals surface area contributed by atoms with E-state index in [1.807, 2.05) is 0 Å². The van der Waals surface area contributed by atoms with Crippen molar-refractivity contribution < 1.29 is 9.47 Å². The highest BCUT2D eigenvalue weighted by Crippen LogP contribution is 1.93. The van der Waals surface area contributed by atoms with Gasteiger partial charge >= 0.3 is 0 Å². The molecule has 0 aromatic heterocycles. The summed E-state index contributed by atoms with van der Waals surface area (Å²) in [5.74, 6) is 0. The molecule has 0 spiro atoms. The topological polar surface area (TPSA) is 30.5 Å². The minimum absolute atomic E-state index is 0.889. The smallest absolute Gasteiger partial charge is 0.0591 e. The lowest BCUT2D eigenvalue weighted by Gasteiger charge is -2.10. The molecule has 2 saturated heterocycles. The van der Waals surface area contributed by atoms with Gasteiger partial charge in [0.2, 0.25) is 0 Å². The summed E-state index contributed by atoms with van der Waals surface area (Å²) in [6, 6.07) is 0. The third-order valence-electron chi connectivity index (χ3n) is 1.42. The van der Waals surface area contributed by atoms with E-state index in [1.54, 1.807) is 0 Å². The molecule has 2 heterocycles. The van der Waals surface area contributed by atoms with Crippen LogP contribution in [0.5, 0.6) is 0 Å². The zero-order chi connectivity index (χ0) is 7.07. The van der Waals surface area contributed by atoms with Gasteiger partial charge in [-0.25, -0.2) is 0 Å². The van der Waals surface area contributed by atoms with Crippen molar-refractivity contribution in [3.05, 3.63) is 0 Å². The summed E-state index contributed by atoms with van der Waals surface area (Å²) in [6.07, 6.45) is 1.28. The molecule has 0 aliphatic carbocycles. The first kappa shape index (κ1) is 7.98. The lowest BCUT2D eigenvalue weighted by molar-refractivity contribution is 0.0367. The number of nitrogens with one attached hydrogen (secondary N) is 1. The maximum absolute atomic E-state index is 5.01. The molecular weight excluding hydrogens is 130 g/mol. The predicted molar refractivity (Wildman–Crippen MR) is 39.1 cm³/mol. The molecule has 2 aliphatic rings. The van der Waals surface area contributed by atoms with Gasteiger partial charge in [-0.05, 0) is 6.42 Å². The van der Waals surface area contributed by atoms with Gasteiger partial charge in [0.15, 0.2) is 0 Å². The zero-order valence-corrected chi connectivity index (χ0v) is 6.27. The van der Waals surface area contributed by atoms with Gasteiger partial charge in [0.1, 0.15) is 0 Å². The maximum Gasteiger partial charge on any atom is 0.0591 e. The molecule has 0 amide bonds. The van der Waals surface area contributed by atoms with Crippen LogP contribution in [0.2, 0.25) is 0 Å². The fourth-order valence-electron chi connectivity index (χ4n) is 0.660. The minimum Gasteiger partial charge on any atom is -0.381 e. The van der Waals surface area contributed by atoms with Crippen LogP contribution in [0, 0.1) is 0 Å². The van der Waals surface area contributed by atoms with Gasteiger partial charge in [0.25, 0.3) is 0 Å². The van der Waals surface area contributed by atoms with Crippen LogP contribution in [0.15, 0.2) is 0 Å². The third-order valence-corrected chi connectivity index (χ3v) is 1.42. The summed E-state index contributed by atoms with van der Waals surface area (Å²) in [5.41, 5.74) is 0. The van der Waals surface area contributed by atoms with Gasteiger partial charge in [-0.2, -0.15) is 0 Å². The van der Waals surface area contributed by atoms with Gasteiger partial charge in [0.05, 0.1) is 13.2 Å². The Morgan fingerprint density at radius 2 is 1.30 bits per heavy atom. The van der Waals surface area contributed by atoms with Crippen molar-refractivity contribution in [2.24, 2.45) is 0 Å². The molecule has 0 bridgehead atoms. The molecule has 0 aromatic rings. The molecule has 2 rings (SSSR count). The lowest BCUT2D eigenvalue weighted by Crippen LogP contribution is -2.30. The molecule has 0 aromatic carbocycles. The summed E-state index contributed by atoms with van der Waals surface area (Å²) in [7, 11) is 0. The Hall–Kier alpha value is -0.120. The largest absolute Gasteiger partial charge is 0.381 e. The number of hydrogen-bond donors (Lipinski definition) is 1. The van der Waals surface area contributed by atoms with Crippen molar-refractivity contribution in [2.45, 2.75) is 6.42 Å². The fourth-order valence-corrected chi connectivity index (χ4v) is 0.660. The Labute approximate surface area is 61.7 Å². The van der Waals surface area contributed by atoms with Crippen LogP contribution >= 0.6 is 0 Å². The minimum atomic E-state index is 0.889. The van der Waals surface area contributed by atoms with E-state index in [9.17, 15) is 0 Å². The average molecular weight is 145 g/mol. The molecule has 0 saturated carbocycles. The van der Waals surface area contributed by atoms with E-state index in [4.69, 9.17) is 9.47 Å². The third kappa shape index (κ3) is 3.82. The normalized spacial score (nSPS) is 24.0. The second-order valence-electron chi connectivity index (χ2n) is 2.33. The molecule has 0 unspecified atom stereocenters. The van der Waals surface area contributed by atoms with Crippen molar-refractivity contribution in [3.63, 3.8) is 0 Å². The summed E-state index contributed by atoms with van der Waals surface area (Å²) >= 11 is 0. The monoisotopic (exact) mass is 145 g/mol. The quantitative estimate of drug-likeness (QED) is 0.521. The molecule has 1 N–H and O–H groups in total. The van der Waals surface area contributed by atoms with Crippen molar-refractivity contribution in [1.29, 1.82) is 0 Å². The molecule has 0 atom stereocenters. The maximum atomic E-state index is 5.01. The summed E-state index contributed by atoms with van der Waals surface area (Å²) in [6.45, 7) is 5.83. The highest BCUT2D eigenvalue weighted by molar-refractivity contribution is 4.49. The van der Waals surface area contributed by atoms with E-state index >= 15 is 0 Å². The Morgan fingerprint density at radius 3 is 1.40 bits per heavy atom. The van der Waals surface area contributed by atoms with Crippen LogP contribution < -0.4 is 5.32 Å². The molecule has 3 nitrogen and oxygen atoms in total. The highest BCUT2D eigenvalue weighted by Gasteiger charge is 1.94. The number of ether oxygens (including phenoxy) is 2. The zero-order valence-electron chi connectivity index (χ0n) is 6.27. The summed E-state index contributed by atoms with van der Waals surface area (Å²) in [4.78, 5) is 0. The second kappa shape index (κ2) is 5.65. The Morgan fingerprint density at radius 1 is 0.800 bits per heavy atom. The van der Waals surface area contributed by atoms with E-state index in [1.165, 1.54) is 6.42 Å². The first-order valence-corrected chi connectivity index (χ1v) is 3.86. The number of morpholine rings is 1. The van der Waals surface area contributed by atoms with Gasteiger partial charge in [-0.15, -0.1) is 0 Å². The van der Waals surface area contributed by atoms with Gasteiger partial charge in [-0.1, -0.05) is 0 Å². The van der Waals surface area contributed by atoms with Crippen LogP contribution in [0.4, 0.5) is 0 Å². The van der Waals surface area contributed by atoms with E-state index in [-0.39, 0.29) is 0 Å². The molecule has 2 fully saturated rings. The molecule has 0 radical (unpaired) electrons. The lowest BCUT2D eigenvalue weighted by atomic mass is 10.4. The number of rotatable bonds is 0. The van der Waals surface area contributed by atoms with Gasteiger partial charge in [-0.3, -0.25) is 0 Å². The Balaban J connectivity index is 0.000000108. The van der Waals surface area contributed by atoms with Crippen LogP contribution in [0.3, 0.4) is 0 Å². The van der Waals surface area contributed by atoms with Crippen molar-refractivity contribution in [2.75, 3.05) is 39.5 Å². The second-order valence-corrected chi connectivity index (χ2v) is 2.33. The van der Waals surface area contributed by atoms with Crippen LogP contribution in [-0.4, -0.2) is 39.5 Å². The average Bonchev–Trinajstić information content (AvgIpc) is 1.88. The van der Waals surface area contributed by atoms with Crippen molar-refractivity contribution >= 4 is 0 Å². The number of hydrogen-bond acceptors (Lipinski definition) is 3. The fraction of sp³-hybridized carbons (Fsp3) is 1.00. The van der Waals surface area contributed by atoms with Crippen molar-refractivity contribution in [3.8, 4) is 0 Å². The van der Waals surface area contributed by atoms with E-state index in [0.29, 0.717) is 0 Å². The highest BCUT2D eigenvalue weighted by atomic mass is 16.5. The van der Waals surface area contributed by atoms with Crippen molar-refractivity contribution in [1.82, 2.24) is 5.32 Å². The van der Waals surface area contributed by atoms with Gasteiger partial charge < -0.3 is 14.8 Å². The van der Waals surface area contributed by atoms with E-state index < -0.39 is 0 Å². The molecule has 10 heavy (non-hydrogen) atoms. The summed E-state index contributed by atoms with van der Waals surface area (Å²) < 4.78 is 9.73. The van der Waals surface area contributed by atoms with Crippen LogP contribution in [0.1, 0.15) is 6.42 Å². The van der Waals surface area contributed by atoms with Crippen LogP contribution in [0.25, 0.3) is 0 Å². The molecular formula is C7H15NO2. The molecule has 3 heteroatoms. The molecule has 60 valence electrons. The van der Waals surface area contributed by atoms with Gasteiger partial charge in [0, 0.05) is 26.3 Å².